The van der Waals surface area contributed by atoms with Crippen LogP contribution in [0, 0.1) is 11.6 Å². The molecule has 0 aromatic heterocycles. The summed E-state index contributed by atoms with van der Waals surface area (Å²) in [4.78, 5) is 11.7. The van der Waals surface area contributed by atoms with Crippen LogP contribution in [-0.2, 0) is 0 Å². The molecule has 2 N–H and O–H groups in total. The lowest BCUT2D eigenvalue weighted by molar-refractivity contribution is 0.234. The fourth-order valence-electron chi connectivity index (χ4n) is 1.83. The van der Waals surface area contributed by atoms with Gasteiger partial charge in [0.25, 0.3) is 0 Å². The lowest BCUT2D eigenvalue weighted by Crippen LogP contribution is -2.41. The van der Waals surface area contributed by atoms with Gasteiger partial charge in [-0.25, -0.2) is 13.6 Å². The number of benzene rings is 1. The molecule has 1 aromatic carbocycles. The van der Waals surface area contributed by atoms with Gasteiger partial charge < -0.3 is 10.6 Å². The Labute approximate surface area is 112 Å². The zero-order valence-corrected chi connectivity index (χ0v) is 11.5. The number of amides is 2. The molecule has 0 aliphatic carbocycles. The molecule has 0 unspecified atom stereocenters. The van der Waals surface area contributed by atoms with Gasteiger partial charge in [0.1, 0.15) is 0 Å². The van der Waals surface area contributed by atoms with Crippen LogP contribution in [0.15, 0.2) is 18.2 Å². The first-order chi connectivity index (χ1) is 8.93. The second kappa shape index (κ2) is 7.07. The molecule has 0 aliphatic heterocycles. The lowest BCUT2D eigenvalue weighted by Gasteiger charge is -2.18. The number of hydrogen-bond donors (Lipinski definition) is 2. The molecule has 1 rings (SSSR count). The van der Waals surface area contributed by atoms with Gasteiger partial charge in [0.05, 0.1) is 6.04 Å². The molecule has 0 aliphatic rings. The van der Waals surface area contributed by atoms with E-state index in [-0.39, 0.29) is 18.1 Å². The SMILES string of the molecule is CCC[C@H](C)NC(=O)N[C@@H](C)c1ccc(F)c(F)c1. The van der Waals surface area contributed by atoms with Crippen molar-refractivity contribution in [2.24, 2.45) is 0 Å². The molecule has 5 heteroatoms. The van der Waals surface area contributed by atoms with E-state index >= 15 is 0 Å². The topological polar surface area (TPSA) is 41.1 Å². The molecule has 0 saturated carbocycles. The summed E-state index contributed by atoms with van der Waals surface area (Å²) >= 11 is 0. The maximum absolute atomic E-state index is 13.1. The van der Waals surface area contributed by atoms with Gasteiger partial charge in [-0.3, -0.25) is 0 Å². The van der Waals surface area contributed by atoms with E-state index in [1.54, 1.807) is 6.92 Å². The monoisotopic (exact) mass is 270 g/mol. The van der Waals surface area contributed by atoms with Crippen molar-refractivity contribution in [3.8, 4) is 0 Å². The van der Waals surface area contributed by atoms with Crippen LogP contribution < -0.4 is 10.6 Å². The Morgan fingerprint density at radius 3 is 2.47 bits per heavy atom. The largest absolute Gasteiger partial charge is 0.336 e. The molecule has 0 spiro atoms. The van der Waals surface area contributed by atoms with Gasteiger partial charge in [-0.1, -0.05) is 19.4 Å². The molecule has 0 fully saturated rings. The Morgan fingerprint density at radius 1 is 1.21 bits per heavy atom. The summed E-state index contributed by atoms with van der Waals surface area (Å²) in [5, 5.41) is 5.48. The van der Waals surface area contributed by atoms with Crippen LogP contribution in [0.3, 0.4) is 0 Å². The van der Waals surface area contributed by atoms with Gasteiger partial charge in [-0.2, -0.15) is 0 Å². The third-order valence-corrected chi connectivity index (χ3v) is 2.89. The molecule has 2 atom stereocenters. The van der Waals surface area contributed by atoms with Crippen molar-refractivity contribution in [1.82, 2.24) is 10.6 Å². The number of nitrogens with one attached hydrogen (secondary N) is 2. The fourth-order valence-corrected chi connectivity index (χ4v) is 1.83. The van der Waals surface area contributed by atoms with Crippen LogP contribution in [0.2, 0.25) is 0 Å². The van der Waals surface area contributed by atoms with Gasteiger partial charge in [0.2, 0.25) is 0 Å². The van der Waals surface area contributed by atoms with E-state index in [1.807, 2.05) is 13.8 Å². The highest BCUT2D eigenvalue weighted by Crippen LogP contribution is 2.15. The van der Waals surface area contributed by atoms with Crippen LogP contribution in [0.4, 0.5) is 13.6 Å². The van der Waals surface area contributed by atoms with E-state index in [0.717, 1.165) is 25.0 Å². The number of hydrogen-bond acceptors (Lipinski definition) is 1. The average molecular weight is 270 g/mol. The molecular formula is C14H20F2N2O. The van der Waals surface area contributed by atoms with Crippen molar-refractivity contribution in [1.29, 1.82) is 0 Å². The highest BCUT2D eigenvalue weighted by atomic mass is 19.2. The van der Waals surface area contributed by atoms with Crippen LogP contribution in [0.5, 0.6) is 0 Å². The summed E-state index contributed by atoms with van der Waals surface area (Å²) in [6.45, 7) is 5.68. The Hall–Kier alpha value is -1.65. The first-order valence-electron chi connectivity index (χ1n) is 6.46. The van der Waals surface area contributed by atoms with Crippen molar-refractivity contribution in [2.45, 2.75) is 45.7 Å². The summed E-state index contributed by atoms with van der Waals surface area (Å²) in [6, 6.07) is 3.00. The van der Waals surface area contributed by atoms with Gasteiger partial charge in [0, 0.05) is 6.04 Å². The quantitative estimate of drug-likeness (QED) is 0.844. The molecule has 19 heavy (non-hydrogen) atoms. The van der Waals surface area contributed by atoms with Crippen molar-refractivity contribution in [3.63, 3.8) is 0 Å². The van der Waals surface area contributed by atoms with E-state index in [9.17, 15) is 13.6 Å². The van der Waals surface area contributed by atoms with Gasteiger partial charge in [-0.15, -0.1) is 0 Å². The summed E-state index contributed by atoms with van der Waals surface area (Å²) < 4.78 is 25.9. The molecular weight excluding hydrogens is 250 g/mol. The van der Waals surface area contributed by atoms with Crippen molar-refractivity contribution < 1.29 is 13.6 Å². The third-order valence-electron chi connectivity index (χ3n) is 2.89. The smallest absolute Gasteiger partial charge is 0.315 e. The lowest BCUT2D eigenvalue weighted by atomic mass is 10.1. The minimum absolute atomic E-state index is 0.0853. The van der Waals surface area contributed by atoms with Crippen LogP contribution in [0.1, 0.15) is 45.2 Å². The normalized spacial score (nSPS) is 13.7. The average Bonchev–Trinajstić information content (AvgIpc) is 2.32. The van der Waals surface area contributed by atoms with E-state index in [0.29, 0.717) is 5.56 Å². The Kier molecular flexibility index (Phi) is 5.73. The first kappa shape index (κ1) is 15.4. The third kappa shape index (κ3) is 4.85. The van der Waals surface area contributed by atoms with E-state index < -0.39 is 11.6 Å². The summed E-state index contributed by atoms with van der Waals surface area (Å²) in [5.41, 5.74) is 0.525. The highest BCUT2D eigenvalue weighted by Gasteiger charge is 2.13. The molecule has 2 amide bonds. The maximum Gasteiger partial charge on any atom is 0.315 e. The van der Waals surface area contributed by atoms with Crippen molar-refractivity contribution >= 4 is 6.03 Å². The van der Waals surface area contributed by atoms with E-state index in [1.165, 1.54) is 6.07 Å². The zero-order valence-electron chi connectivity index (χ0n) is 11.5. The summed E-state index contributed by atoms with van der Waals surface area (Å²) in [7, 11) is 0. The second-order valence-corrected chi connectivity index (χ2v) is 4.70. The van der Waals surface area contributed by atoms with Gasteiger partial charge >= 0.3 is 6.03 Å². The molecule has 106 valence electrons. The van der Waals surface area contributed by atoms with Gasteiger partial charge in [-0.05, 0) is 38.0 Å². The van der Waals surface area contributed by atoms with Crippen LogP contribution in [0.25, 0.3) is 0 Å². The van der Waals surface area contributed by atoms with Gasteiger partial charge in [0.15, 0.2) is 11.6 Å². The number of carbonyl (C=O) groups excluding carboxylic acids is 1. The number of urea groups is 1. The van der Waals surface area contributed by atoms with Crippen molar-refractivity contribution in [3.05, 3.63) is 35.4 Å². The molecule has 0 radical (unpaired) electrons. The minimum atomic E-state index is -0.911. The maximum atomic E-state index is 13.1. The Balaban J connectivity index is 2.56. The van der Waals surface area contributed by atoms with Crippen molar-refractivity contribution in [2.75, 3.05) is 0 Å². The van der Waals surface area contributed by atoms with Crippen LogP contribution >= 0.6 is 0 Å². The Bertz CT molecular complexity index is 437. The van der Waals surface area contributed by atoms with Crippen LogP contribution in [-0.4, -0.2) is 12.1 Å². The number of halogens is 2. The second-order valence-electron chi connectivity index (χ2n) is 4.70. The highest BCUT2D eigenvalue weighted by molar-refractivity contribution is 5.74. The Morgan fingerprint density at radius 2 is 1.89 bits per heavy atom. The first-order valence-corrected chi connectivity index (χ1v) is 6.46. The summed E-state index contributed by atoms with van der Waals surface area (Å²) in [5.74, 6) is -1.80. The number of carbonyl (C=O) groups is 1. The molecule has 3 nitrogen and oxygen atoms in total. The van der Waals surface area contributed by atoms with E-state index in [4.69, 9.17) is 0 Å². The van der Waals surface area contributed by atoms with E-state index in [2.05, 4.69) is 10.6 Å². The molecule has 1 aromatic rings. The molecule has 0 heterocycles. The molecule has 0 saturated heterocycles. The predicted octanol–water partition coefficient (Wildman–Crippen LogP) is 3.51. The fraction of sp³-hybridized carbons (Fsp3) is 0.500. The number of rotatable bonds is 5. The minimum Gasteiger partial charge on any atom is -0.336 e. The predicted molar refractivity (Wildman–Crippen MR) is 70.8 cm³/mol. The zero-order chi connectivity index (χ0) is 14.4. The standard InChI is InChI=1S/C14H20F2N2O/c1-4-5-9(2)17-14(19)18-10(3)11-6-7-12(15)13(16)8-11/h6-10H,4-5H2,1-3H3,(H2,17,18,19)/t9-,10-/m0/s1. The molecule has 0 bridgehead atoms. The summed E-state index contributed by atoms with van der Waals surface area (Å²) in [6.07, 6.45) is 1.88.